The van der Waals surface area contributed by atoms with Crippen LogP contribution in [-0.2, 0) is 4.79 Å². The lowest BCUT2D eigenvalue weighted by Gasteiger charge is -2.21. The average Bonchev–Trinajstić information content (AvgIpc) is 2.74. The molecular formula is C23H16ClF2N3O. The molecule has 0 radical (unpaired) electrons. The van der Waals surface area contributed by atoms with Crippen molar-refractivity contribution in [2.75, 3.05) is 10.6 Å². The van der Waals surface area contributed by atoms with E-state index in [1.807, 2.05) is 12.1 Å². The van der Waals surface area contributed by atoms with Gasteiger partial charge in [-0.15, -0.1) is 0 Å². The van der Waals surface area contributed by atoms with Gasteiger partial charge in [0.15, 0.2) is 0 Å². The molecule has 2 N–H and O–H groups in total. The van der Waals surface area contributed by atoms with Gasteiger partial charge in [-0.1, -0.05) is 35.9 Å². The van der Waals surface area contributed by atoms with Gasteiger partial charge in [-0.05, 0) is 42.0 Å². The number of amides is 1. The van der Waals surface area contributed by atoms with Crippen molar-refractivity contribution >= 4 is 39.7 Å². The van der Waals surface area contributed by atoms with Crippen LogP contribution in [0.15, 0.2) is 79.1 Å². The molecule has 0 saturated heterocycles. The number of nitrogens with one attached hydrogen (secondary N) is 2. The maximum atomic E-state index is 14.2. The molecule has 1 unspecified atom stereocenters. The quantitative estimate of drug-likeness (QED) is 0.416. The number of aromatic nitrogens is 1. The molecular weight excluding hydrogens is 408 g/mol. The van der Waals surface area contributed by atoms with Gasteiger partial charge in [-0.25, -0.2) is 8.78 Å². The largest absolute Gasteiger partial charge is 0.368 e. The molecule has 1 heterocycles. The van der Waals surface area contributed by atoms with Crippen molar-refractivity contribution in [1.29, 1.82) is 0 Å². The Hall–Kier alpha value is -3.51. The Labute approximate surface area is 176 Å². The molecule has 3 aromatic carbocycles. The first-order valence-electron chi connectivity index (χ1n) is 9.12. The maximum absolute atomic E-state index is 14.2. The highest BCUT2D eigenvalue weighted by atomic mass is 35.5. The van der Waals surface area contributed by atoms with Crippen molar-refractivity contribution in [2.24, 2.45) is 0 Å². The van der Waals surface area contributed by atoms with Crippen LogP contribution >= 0.6 is 11.6 Å². The van der Waals surface area contributed by atoms with Crippen molar-refractivity contribution in [1.82, 2.24) is 4.98 Å². The van der Waals surface area contributed by atoms with Gasteiger partial charge in [0, 0.05) is 39.9 Å². The molecule has 7 heteroatoms. The minimum atomic E-state index is -0.945. The highest BCUT2D eigenvalue weighted by Gasteiger charge is 2.23. The van der Waals surface area contributed by atoms with Crippen LogP contribution in [0.2, 0.25) is 5.02 Å². The van der Waals surface area contributed by atoms with Gasteiger partial charge in [0.25, 0.3) is 5.91 Å². The molecule has 1 atom stereocenters. The van der Waals surface area contributed by atoms with Gasteiger partial charge < -0.3 is 10.6 Å². The molecule has 4 nitrogen and oxygen atoms in total. The summed E-state index contributed by atoms with van der Waals surface area (Å²) in [7, 11) is 0. The summed E-state index contributed by atoms with van der Waals surface area (Å²) in [5.41, 5.74) is 1.18. The van der Waals surface area contributed by atoms with Crippen LogP contribution in [0.4, 0.5) is 20.2 Å². The fourth-order valence-electron chi connectivity index (χ4n) is 3.15. The van der Waals surface area contributed by atoms with E-state index < -0.39 is 23.6 Å². The first-order valence-corrected chi connectivity index (χ1v) is 9.50. The third-order valence-corrected chi connectivity index (χ3v) is 4.89. The first-order chi connectivity index (χ1) is 14.5. The summed E-state index contributed by atoms with van der Waals surface area (Å²) in [6.07, 6.45) is 3.34. The van der Waals surface area contributed by atoms with Crippen LogP contribution < -0.4 is 10.6 Å². The van der Waals surface area contributed by atoms with E-state index in [1.54, 1.807) is 48.8 Å². The zero-order valence-corrected chi connectivity index (χ0v) is 16.3. The van der Waals surface area contributed by atoms with Crippen LogP contribution in [-0.4, -0.2) is 10.9 Å². The Balaban J connectivity index is 1.69. The number of hydrogen-bond donors (Lipinski definition) is 2. The van der Waals surface area contributed by atoms with Crippen LogP contribution in [0.25, 0.3) is 10.8 Å². The number of hydrogen-bond acceptors (Lipinski definition) is 3. The SMILES string of the molecule is O=C(Nc1cccc2cnccc12)C(Nc1ccc(F)cc1F)c1ccc(Cl)cc1. The minimum absolute atomic E-state index is 0.00798. The second-order valence-electron chi connectivity index (χ2n) is 6.64. The number of benzene rings is 3. The third-order valence-electron chi connectivity index (χ3n) is 4.64. The summed E-state index contributed by atoms with van der Waals surface area (Å²) < 4.78 is 27.5. The van der Waals surface area contributed by atoms with Crippen molar-refractivity contribution in [3.63, 3.8) is 0 Å². The summed E-state index contributed by atoms with van der Waals surface area (Å²) in [6.45, 7) is 0. The van der Waals surface area contributed by atoms with Crippen molar-refractivity contribution in [3.8, 4) is 0 Å². The van der Waals surface area contributed by atoms with Gasteiger partial charge in [0.2, 0.25) is 0 Å². The fraction of sp³-hybridized carbons (Fsp3) is 0.0435. The summed E-state index contributed by atoms with van der Waals surface area (Å²) >= 11 is 5.97. The number of carbonyl (C=O) groups excluding carboxylic acids is 1. The number of fused-ring (bicyclic) bond motifs is 1. The van der Waals surface area contributed by atoms with Crippen molar-refractivity contribution < 1.29 is 13.6 Å². The zero-order chi connectivity index (χ0) is 21.1. The molecule has 0 aliphatic rings. The second-order valence-corrected chi connectivity index (χ2v) is 7.08. The van der Waals surface area contributed by atoms with E-state index in [0.717, 1.165) is 22.9 Å². The average molecular weight is 424 g/mol. The predicted octanol–water partition coefficient (Wildman–Crippen LogP) is 5.96. The number of halogens is 3. The molecule has 150 valence electrons. The first kappa shape index (κ1) is 19.8. The second kappa shape index (κ2) is 8.47. The van der Waals surface area contributed by atoms with Gasteiger partial charge in [0.05, 0.1) is 5.69 Å². The zero-order valence-electron chi connectivity index (χ0n) is 15.6. The summed E-state index contributed by atoms with van der Waals surface area (Å²) in [4.78, 5) is 17.3. The number of carbonyl (C=O) groups is 1. The third kappa shape index (κ3) is 4.23. The van der Waals surface area contributed by atoms with Gasteiger partial charge in [-0.2, -0.15) is 0 Å². The predicted molar refractivity (Wildman–Crippen MR) is 115 cm³/mol. The maximum Gasteiger partial charge on any atom is 0.251 e. The van der Waals surface area contributed by atoms with E-state index in [4.69, 9.17) is 11.6 Å². The summed E-state index contributed by atoms with van der Waals surface area (Å²) in [5, 5.41) is 7.96. The van der Waals surface area contributed by atoms with Gasteiger partial charge in [-0.3, -0.25) is 9.78 Å². The Morgan fingerprint density at radius 2 is 1.77 bits per heavy atom. The molecule has 1 aromatic heterocycles. The molecule has 30 heavy (non-hydrogen) atoms. The number of pyridine rings is 1. The minimum Gasteiger partial charge on any atom is -0.368 e. The molecule has 0 saturated carbocycles. The van der Waals surface area contributed by atoms with Gasteiger partial charge in [0.1, 0.15) is 17.7 Å². The highest BCUT2D eigenvalue weighted by molar-refractivity contribution is 6.30. The highest BCUT2D eigenvalue weighted by Crippen LogP contribution is 2.27. The summed E-state index contributed by atoms with van der Waals surface area (Å²) in [6, 6.07) is 16.1. The number of anilines is 2. The molecule has 0 aliphatic heterocycles. The molecule has 4 rings (SSSR count). The Bertz CT molecular complexity index is 1210. The molecule has 0 bridgehead atoms. The fourth-order valence-corrected chi connectivity index (χ4v) is 3.28. The lowest BCUT2D eigenvalue weighted by molar-refractivity contribution is -0.117. The van der Waals surface area contributed by atoms with Gasteiger partial charge >= 0.3 is 0 Å². The van der Waals surface area contributed by atoms with E-state index in [0.29, 0.717) is 16.3 Å². The van der Waals surface area contributed by atoms with E-state index in [1.165, 1.54) is 6.07 Å². The van der Waals surface area contributed by atoms with Crippen LogP contribution in [0.3, 0.4) is 0 Å². The summed E-state index contributed by atoms with van der Waals surface area (Å²) in [5.74, 6) is -1.90. The van der Waals surface area contributed by atoms with Crippen LogP contribution in [0.1, 0.15) is 11.6 Å². The van der Waals surface area contributed by atoms with E-state index >= 15 is 0 Å². The molecule has 0 aliphatic carbocycles. The van der Waals surface area contributed by atoms with Crippen molar-refractivity contribution in [2.45, 2.75) is 6.04 Å². The topological polar surface area (TPSA) is 54.0 Å². The molecule has 0 spiro atoms. The molecule has 0 fully saturated rings. The number of nitrogens with zero attached hydrogens (tertiary/aromatic N) is 1. The Morgan fingerprint density at radius 3 is 2.53 bits per heavy atom. The normalized spacial score (nSPS) is 11.8. The monoisotopic (exact) mass is 423 g/mol. The van der Waals surface area contributed by atoms with E-state index in [2.05, 4.69) is 15.6 Å². The molecule has 1 amide bonds. The van der Waals surface area contributed by atoms with Crippen molar-refractivity contribution in [3.05, 3.63) is 101 Å². The standard InChI is InChI=1S/C23H16ClF2N3O/c24-16-6-4-14(5-7-16)22(28-21-9-8-17(25)12-19(21)26)23(30)29-20-3-1-2-15-13-27-11-10-18(15)20/h1-13,22,28H,(H,29,30). The smallest absolute Gasteiger partial charge is 0.251 e. The van der Waals surface area contributed by atoms with Crippen LogP contribution in [0, 0.1) is 11.6 Å². The number of rotatable bonds is 5. The van der Waals surface area contributed by atoms with E-state index in [-0.39, 0.29) is 5.69 Å². The Kier molecular flexibility index (Phi) is 5.59. The van der Waals surface area contributed by atoms with E-state index in [9.17, 15) is 13.6 Å². The molecule has 4 aromatic rings. The Morgan fingerprint density at radius 1 is 0.967 bits per heavy atom. The lowest BCUT2D eigenvalue weighted by Crippen LogP contribution is -2.27. The lowest BCUT2D eigenvalue weighted by atomic mass is 10.0. The van der Waals surface area contributed by atoms with Crippen LogP contribution in [0.5, 0.6) is 0 Å².